The number of aromatic nitrogens is 1. The molecule has 0 saturated heterocycles. The van der Waals surface area contributed by atoms with Gasteiger partial charge in [0.05, 0.1) is 25.7 Å². The van der Waals surface area contributed by atoms with E-state index < -0.39 is 5.92 Å². The van der Waals surface area contributed by atoms with Crippen LogP contribution < -0.4 is 25.5 Å². The van der Waals surface area contributed by atoms with E-state index in [1.807, 2.05) is 37.3 Å². The molecule has 3 aromatic rings. The van der Waals surface area contributed by atoms with Gasteiger partial charge in [-0.1, -0.05) is 30.3 Å². The van der Waals surface area contributed by atoms with E-state index >= 15 is 0 Å². The summed E-state index contributed by atoms with van der Waals surface area (Å²) in [7, 11) is 3.09. The summed E-state index contributed by atoms with van der Waals surface area (Å²) in [6, 6.07) is 19.2. The molecule has 1 atom stereocenters. The number of rotatable bonds is 6. The molecule has 0 amide bonds. The quantitative estimate of drug-likeness (QED) is 0.625. The molecule has 0 radical (unpaired) electrons. The van der Waals surface area contributed by atoms with Crippen molar-refractivity contribution >= 4 is 0 Å². The second-order valence-electron chi connectivity index (χ2n) is 7.79. The Morgan fingerprint density at radius 2 is 1.88 bits per heavy atom. The van der Waals surface area contributed by atoms with E-state index in [1.165, 1.54) is 7.11 Å². The van der Waals surface area contributed by atoms with Crippen LogP contribution >= 0.6 is 0 Å². The summed E-state index contributed by atoms with van der Waals surface area (Å²) in [5.74, 6) is 0.664. The minimum absolute atomic E-state index is 0.0271. The first-order valence-corrected chi connectivity index (χ1v) is 10.6. The van der Waals surface area contributed by atoms with Gasteiger partial charge in [0.15, 0.2) is 0 Å². The molecule has 1 aliphatic heterocycles. The molecule has 33 heavy (non-hydrogen) atoms. The fourth-order valence-electron chi connectivity index (χ4n) is 4.23. The van der Waals surface area contributed by atoms with E-state index in [-0.39, 0.29) is 17.0 Å². The van der Waals surface area contributed by atoms with Gasteiger partial charge >= 0.3 is 0 Å². The Morgan fingerprint density at radius 1 is 1.12 bits per heavy atom. The molecule has 7 nitrogen and oxygen atoms in total. The lowest BCUT2D eigenvalue weighted by atomic mass is 9.83. The minimum atomic E-state index is -0.750. The molecule has 1 aromatic heterocycles. The Kier molecular flexibility index (Phi) is 6.09. The van der Waals surface area contributed by atoms with Gasteiger partial charge in [-0.15, -0.1) is 0 Å². The number of nitrogens with two attached hydrogens (primary N) is 1. The zero-order chi connectivity index (χ0) is 23.5. The maximum Gasteiger partial charge on any atom is 0.258 e. The first-order valence-electron chi connectivity index (χ1n) is 10.6. The van der Waals surface area contributed by atoms with Gasteiger partial charge in [-0.3, -0.25) is 4.79 Å². The highest BCUT2D eigenvalue weighted by Gasteiger charge is 2.36. The monoisotopic (exact) mass is 443 g/mol. The van der Waals surface area contributed by atoms with Crippen LogP contribution in [-0.2, 0) is 13.0 Å². The number of hydrogen-bond donors (Lipinski definition) is 1. The maximum absolute atomic E-state index is 13.8. The molecule has 1 unspecified atom stereocenters. The van der Waals surface area contributed by atoms with Gasteiger partial charge in [-0.05, 0) is 37.1 Å². The van der Waals surface area contributed by atoms with Crippen LogP contribution in [0, 0.1) is 18.3 Å². The van der Waals surface area contributed by atoms with E-state index in [9.17, 15) is 10.1 Å². The zero-order valence-corrected chi connectivity index (χ0v) is 18.8. The third kappa shape index (κ3) is 4.03. The van der Waals surface area contributed by atoms with Crippen molar-refractivity contribution in [2.24, 2.45) is 5.73 Å². The van der Waals surface area contributed by atoms with Crippen molar-refractivity contribution in [3.8, 4) is 23.3 Å². The van der Waals surface area contributed by atoms with Crippen molar-refractivity contribution in [2.45, 2.75) is 25.8 Å². The van der Waals surface area contributed by atoms with Crippen molar-refractivity contribution < 1.29 is 14.2 Å². The van der Waals surface area contributed by atoms with Gasteiger partial charge in [-0.25, -0.2) is 0 Å². The summed E-state index contributed by atoms with van der Waals surface area (Å²) in [5.41, 5.74) is 8.89. The zero-order valence-electron chi connectivity index (χ0n) is 18.8. The fourth-order valence-corrected chi connectivity index (χ4v) is 4.23. The van der Waals surface area contributed by atoms with Gasteiger partial charge in [0, 0.05) is 23.9 Å². The van der Waals surface area contributed by atoms with Gasteiger partial charge in [0.1, 0.15) is 28.9 Å². The highest BCUT2D eigenvalue weighted by atomic mass is 16.5. The topological polar surface area (TPSA) is 99.5 Å². The van der Waals surface area contributed by atoms with Gasteiger partial charge < -0.3 is 24.5 Å². The van der Waals surface area contributed by atoms with Crippen LogP contribution in [0.1, 0.15) is 28.3 Å². The number of pyridine rings is 1. The van der Waals surface area contributed by atoms with Crippen molar-refractivity contribution in [3.63, 3.8) is 0 Å². The summed E-state index contributed by atoms with van der Waals surface area (Å²) >= 11 is 0. The molecule has 0 saturated carbocycles. The van der Waals surface area contributed by atoms with Crippen LogP contribution in [0.5, 0.6) is 17.2 Å². The van der Waals surface area contributed by atoms with Crippen LogP contribution in [-0.4, -0.2) is 18.8 Å². The van der Waals surface area contributed by atoms with E-state index in [1.54, 1.807) is 35.9 Å². The average Bonchev–Trinajstić information content (AvgIpc) is 2.83. The smallest absolute Gasteiger partial charge is 0.258 e. The van der Waals surface area contributed by atoms with E-state index in [0.29, 0.717) is 41.3 Å². The lowest BCUT2D eigenvalue weighted by molar-refractivity contribution is 0.379. The van der Waals surface area contributed by atoms with Crippen LogP contribution in [0.2, 0.25) is 0 Å². The van der Waals surface area contributed by atoms with Gasteiger partial charge in [0.25, 0.3) is 5.56 Å². The number of ether oxygens (including phenoxy) is 3. The van der Waals surface area contributed by atoms with Crippen molar-refractivity contribution in [3.05, 3.63) is 98.8 Å². The number of fused-ring (bicyclic) bond motifs is 1. The lowest BCUT2D eigenvalue weighted by Gasteiger charge is -2.28. The Hall–Kier alpha value is -4.18. The molecule has 2 heterocycles. The van der Waals surface area contributed by atoms with E-state index in [4.69, 9.17) is 19.9 Å². The maximum atomic E-state index is 13.8. The van der Waals surface area contributed by atoms with Gasteiger partial charge in [-0.2, -0.15) is 5.26 Å². The van der Waals surface area contributed by atoms with Gasteiger partial charge in [0.2, 0.25) is 5.88 Å². The molecule has 4 rings (SSSR count). The first-order chi connectivity index (χ1) is 16.0. The van der Waals surface area contributed by atoms with Crippen LogP contribution in [0.4, 0.5) is 0 Å². The normalized spacial score (nSPS) is 14.8. The Labute approximate surface area is 192 Å². The number of methoxy groups -OCH3 is 2. The van der Waals surface area contributed by atoms with Crippen molar-refractivity contribution in [1.29, 1.82) is 5.26 Å². The summed E-state index contributed by atoms with van der Waals surface area (Å²) in [5, 5.41) is 9.93. The molecule has 1 aliphatic rings. The number of allylic oxidation sites excluding steroid dienone is 1. The molecule has 2 N–H and O–H groups in total. The third-order valence-corrected chi connectivity index (χ3v) is 5.90. The average molecular weight is 444 g/mol. The minimum Gasteiger partial charge on any atom is -0.497 e. The first kappa shape index (κ1) is 22.0. The van der Waals surface area contributed by atoms with Crippen molar-refractivity contribution in [2.75, 3.05) is 14.2 Å². The predicted octanol–water partition coefficient (Wildman–Crippen LogP) is 3.63. The second-order valence-corrected chi connectivity index (χ2v) is 7.79. The predicted molar refractivity (Wildman–Crippen MR) is 124 cm³/mol. The molecular weight excluding hydrogens is 418 g/mol. The summed E-state index contributed by atoms with van der Waals surface area (Å²) in [4.78, 5) is 13.8. The Bertz CT molecular complexity index is 1320. The lowest BCUT2D eigenvalue weighted by Crippen LogP contribution is -2.33. The molecule has 0 spiro atoms. The number of hydrogen-bond acceptors (Lipinski definition) is 6. The molecule has 168 valence electrons. The largest absolute Gasteiger partial charge is 0.497 e. The Morgan fingerprint density at radius 3 is 2.55 bits per heavy atom. The molecule has 0 fully saturated rings. The van der Waals surface area contributed by atoms with Crippen LogP contribution in [0.25, 0.3) is 0 Å². The van der Waals surface area contributed by atoms with Crippen LogP contribution in [0.3, 0.4) is 0 Å². The number of aryl methyl sites for hydroxylation is 2. The third-order valence-electron chi connectivity index (χ3n) is 5.90. The van der Waals surface area contributed by atoms with Crippen LogP contribution in [0.15, 0.2) is 70.8 Å². The highest BCUT2D eigenvalue weighted by Crippen LogP contribution is 2.44. The Balaban J connectivity index is 1.89. The number of benzene rings is 2. The second kappa shape index (κ2) is 9.13. The molecule has 0 bridgehead atoms. The SMILES string of the molecule is COc1ccc(OC)c(C2C(C#N)=C(N)Oc3cc(C)n(CCc4ccccc4)c(=O)c32)c1. The molecule has 7 heteroatoms. The highest BCUT2D eigenvalue weighted by molar-refractivity contribution is 5.59. The summed E-state index contributed by atoms with van der Waals surface area (Å²) in [6.45, 7) is 2.35. The summed E-state index contributed by atoms with van der Waals surface area (Å²) in [6.07, 6.45) is 0.692. The van der Waals surface area contributed by atoms with E-state index in [2.05, 4.69) is 6.07 Å². The number of nitrogens with zero attached hydrogens (tertiary/aromatic N) is 2. The fraction of sp³-hybridized carbons (Fsp3) is 0.231. The molecule has 0 aliphatic carbocycles. The molecular formula is C26H25N3O4. The summed E-state index contributed by atoms with van der Waals surface area (Å²) < 4.78 is 18.4. The van der Waals surface area contributed by atoms with Crippen molar-refractivity contribution in [1.82, 2.24) is 4.57 Å². The molecule has 2 aromatic carbocycles. The standard InChI is InChI=1S/C26H25N3O4/c1-16-13-22-24(26(30)29(16)12-11-17-7-5-4-6-8-17)23(20(15-27)25(28)33-22)19-14-18(31-2)9-10-21(19)32-3/h4-10,13-14,23H,11-12,28H2,1-3H3. The number of nitriles is 1. The van der Waals surface area contributed by atoms with E-state index in [0.717, 1.165) is 11.3 Å².